The van der Waals surface area contributed by atoms with Gasteiger partial charge in [0.25, 0.3) is 0 Å². The minimum atomic E-state index is -0.802. The monoisotopic (exact) mass is 458 g/mol. The molecule has 0 bridgehead atoms. The van der Waals surface area contributed by atoms with Crippen molar-refractivity contribution < 1.29 is 19.1 Å². The van der Waals surface area contributed by atoms with Gasteiger partial charge in [-0.15, -0.1) is 0 Å². The Kier molecular flexibility index (Phi) is 6.71. The molecule has 0 radical (unpaired) electrons. The lowest BCUT2D eigenvalue weighted by molar-refractivity contribution is -0.119. The van der Waals surface area contributed by atoms with E-state index in [9.17, 15) is 9.59 Å². The molecular formula is C22H23BrN2O4. The van der Waals surface area contributed by atoms with E-state index in [1.54, 1.807) is 17.0 Å². The second-order valence-corrected chi connectivity index (χ2v) is 7.69. The molecule has 2 aromatic rings. The van der Waals surface area contributed by atoms with E-state index in [4.69, 9.17) is 15.2 Å². The minimum Gasteiger partial charge on any atom is -0.430 e. The van der Waals surface area contributed by atoms with Crippen LogP contribution in [0.5, 0.6) is 5.75 Å². The molecule has 0 spiro atoms. The maximum Gasteiger partial charge on any atom is 0.514 e. The topological polar surface area (TPSA) is 81.9 Å². The Bertz CT molecular complexity index is 921. The molecule has 1 aliphatic heterocycles. The fourth-order valence-electron chi connectivity index (χ4n) is 3.39. The largest absolute Gasteiger partial charge is 0.514 e. The molecule has 7 heteroatoms. The van der Waals surface area contributed by atoms with Crippen molar-refractivity contribution in [2.45, 2.75) is 25.8 Å². The highest BCUT2D eigenvalue weighted by Gasteiger charge is 2.28. The standard InChI is InChI=1S/C22H23BrN2O4/c1-3-10-28-22(27)29-16-11-14(2)17(18(23)12-16)13-19(24)21(26)25-9-8-15-6-4-5-7-20(15)25/h3-7,11-12,19H,1,8-10,13,24H2,2H3/t19-/m0/s1. The number of nitrogens with two attached hydrogens (primary N) is 1. The number of para-hydroxylation sites is 1. The van der Waals surface area contributed by atoms with E-state index in [0.717, 1.165) is 28.8 Å². The quantitative estimate of drug-likeness (QED) is 0.403. The number of fused-ring (bicyclic) bond motifs is 1. The van der Waals surface area contributed by atoms with Crippen LogP contribution in [-0.2, 0) is 22.4 Å². The number of aryl methyl sites for hydroxylation is 1. The van der Waals surface area contributed by atoms with E-state index < -0.39 is 12.2 Å². The van der Waals surface area contributed by atoms with Crippen LogP contribution in [0.1, 0.15) is 16.7 Å². The average Bonchev–Trinajstić information content (AvgIpc) is 3.12. The van der Waals surface area contributed by atoms with Crippen LogP contribution in [-0.4, -0.2) is 31.3 Å². The van der Waals surface area contributed by atoms with E-state index in [1.165, 1.54) is 6.08 Å². The molecule has 0 fully saturated rings. The van der Waals surface area contributed by atoms with Crippen LogP contribution in [0.15, 0.2) is 53.5 Å². The van der Waals surface area contributed by atoms with Crippen LogP contribution in [0.2, 0.25) is 0 Å². The number of ether oxygens (including phenoxy) is 2. The highest BCUT2D eigenvalue weighted by Crippen LogP contribution is 2.30. The van der Waals surface area contributed by atoms with E-state index in [-0.39, 0.29) is 12.5 Å². The molecule has 2 N–H and O–H groups in total. The fourth-order valence-corrected chi connectivity index (χ4v) is 4.09. The first kappa shape index (κ1) is 21.1. The number of anilines is 1. The molecule has 2 aromatic carbocycles. The number of carbonyl (C=O) groups is 2. The van der Waals surface area contributed by atoms with Gasteiger partial charge >= 0.3 is 6.16 Å². The highest BCUT2D eigenvalue weighted by molar-refractivity contribution is 9.10. The Morgan fingerprint density at radius 3 is 2.83 bits per heavy atom. The summed E-state index contributed by atoms with van der Waals surface area (Å²) in [4.78, 5) is 26.3. The van der Waals surface area contributed by atoms with Crippen molar-refractivity contribution in [3.8, 4) is 5.75 Å². The summed E-state index contributed by atoms with van der Waals surface area (Å²) < 4.78 is 10.7. The SMILES string of the molecule is C=CCOC(=O)Oc1cc(C)c(C[C@H](N)C(=O)N2CCc3ccccc32)c(Br)c1. The summed E-state index contributed by atoms with van der Waals surface area (Å²) in [5.74, 6) is 0.245. The zero-order chi connectivity index (χ0) is 21.0. The number of halogens is 1. The summed E-state index contributed by atoms with van der Waals surface area (Å²) in [5.41, 5.74) is 10.1. The lowest BCUT2D eigenvalue weighted by atomic mass is 10.0. The number of hydrogen-bond donors (Lipinski definition) is 1. The molecule has 0 saturated carbocycles. The predicted octanol–water partition coefficient (Wildman–Crippen LogP) is 3.92. The number of nitrogens with zero attached hydrogens (tertiary/aromatic N) is 1. The Morgan fingerprint density at radius 2 is 2.10 bits per heavy atom. The van der Waals surface area contributed by atoms with Crippen molar-refractivity contribution in [2.24, 2.45) is 5.73 Å². The number of amides is 1. The normalized spacial score (nSPS) is 13.6. The summed E-state index contributed by atoms with van der Waals surface area (Å²) in [6.45, 7) is 6.08. The fraction of sp³-hybridized carbons (Fsp3) is 0.273. The summed E-state index contributed by atoms with van der Waals surface area (Å²) in [5, 5.41) is 0. The highest BCUT2D eigenvalue weighted by atomic mass is 79.9. The van der Waals surface area contributed by atoms with Gasteiger partial charge in [-0.2, -0.15) is 0 Å². The Hall–Kier alpha value is -2.64. The van der Waals surface area contributed by atoms with E-state index >= 15 is 0 Å². The molecule has 3 rings (SSSR count). The van der Waals surface area contributed by atoms with Crippen LogP contribution >= 0.6 is 15.9 Å². The van der Waals surface area contributed by atoms with Gasteiger partial charge in [-0.25, -0.2) is 4.79 Å². The number of carbonyl (C=O) groups excluding carboxylic acids is 2. The van der Waals surface area contributed by atoms with Gasteiger partial charge in [-0.3, -0.25) is 4.79 Å². The summed E-state index contributed by atoms with van der Waals surface area (Å²) in [6, 6.07) is 10.6. The summed E-state index contributed by atoms with van der Waals surface area (Å²) >= 11 is 3.50. The predicted molar refractivity (Wildman–Crippen MR) is 115 cm³/mol. The van der Waals surface area contributed by atoms with Gasteiger partial charge in [-0.1, -0.05) is 46.8 Å². The van der Waals surface area contributed by atoms with Gasteiger partial charge in [0.05, 0.1) is 6.04 Å². The molecule has 0 unspecified atom stereocenters. The Labute approximate surface area is 178 Å². The molecule has 1 heterocycles. The molecule has 0 saturated heterocycles. The third-order valence-corrected chi connectivity index (χ3v) is 5.51. The number of rotatable bonds is 6. The molecule has 0 aliphatic carbocycles. The van der Waals surface area contributed by atoms with Crippen LogP contribution in [0, 0.1) is 6.92 Å². The minimum absolute atomic E-state index is 0.0770. The number of benzene rings is 2. The summed E-state index contributed by atoms with van der Waals surface area (Å²) in [7, 11) is 0. The lowest BCUT2D eigenvalue weighted by Gasteiger charge is -2.22. The summed E-state index contributed by atoms with van der Waals surface area (Å²) in [6.07, 6.45) is 1.86. The van der Waals surface area contributed by atoms with E-state index in [2.05, 4.69) is 22.5 Å². The zero-order valence-electron chi connectivity index (χ0n) is 16.2. The van der Waals surface area contributed by atoms with Gasteiger partial charge in [0, 0.05) is 16.7 Å². The average molecular weight is 459 g/mol. The van der Waals surface area contributed by atoms with Crippen LogP contribution in [0.3, 0.4) is 0 Å². The van der Waals surface area contributed by atoms with Crippen LogP contribution in [0.4, 0.5) is 10.5 Å². The van der Waals surface area contributed by atoms with Crippen LogP contribution in [0.25, 0.3) is 0 Å². The van der Waals surface area contributed by atoms with E-state index in [1.807, 2.05) is 31.2 Å². The van der Waals surface area contributed by atoms with Crippen LogP contribution < -0.4 is 15.4 Å². The van der Waals surface area contributed by atoms with Gasteiger partial charge in [0.15, 0.2) is 0 Å². The first-order valence-corrected chi connectivity index (χ1v) is 10.1. The maximum absolute atomic E-state index is 12.9. The molecule has 0 aromatic heterocycles. The zero-order valence-corrected chi connectivity index (χ0v) is 17.8. The van der Waals surface area contributed by atoms with E-state index in [0.29, 0.717) is 23.2 Å². The third-order valence-electron chi connectivity index (χ3n) is 4.81. The number of hydrogen-bond acceptors (Lipinski definition) is 5. The molecule has 1 aliphatic rings. The van der Waals surface area contributed by atoms with Gasteiger partial charge in [0.2, 0.25) is 5.91 Å². The van der Waals surface area contributed by atoms with Gasteiger partial charge < -0.3 is 20.1 Å². The Balaban J connectivity index is 1.70. The first-order valence-electron chi connectivity index (χ1n) is 9.30. The first-order chi connectivity index (χ1) is 13.9. The molecule has 152 valence electrons. The second kappa shape index (κ2) is 9.24. The van der Waals surface area contributed by atoms with Gasteiger partial charge in [-0.05, 0) is 54.7 Å². The maximum atomic E-state index is 12.9. The van der Waals surface area contributed by atoms with Crippen molar-refractivity contribution in [3.05, 3.63) is 70.2 Å². The molecular weight excluding hydrogens is 436 g/mol. The van der Waals surface area contributed by atoms with Crippen molar-refractivity contribution in [1.29, 1.82) is 0 Å². The van der Waals surface area contributed by atoms with Crippen molar-refractivity contribution in [3.63, 3.8) is 0 Å². The van der Waals surface area contributed by atoms with Gasteiger partial charge in [0.1, 0.15) is 12.4 Å². The van der Waals surface area contributed by atoms with Crippen molar-refractivity contribution in [2.75, 3.05) is 18.1 Å². The molecule has 6 nitrogen and oxygen atoms in total. The smallest absolute Gasteiger partial charge is 0.430 e. The van der Waals surface area contributed by atoms with Crippen molar-refractivity contribution >= 4 is 33.7 Å². The van der Waals surface area contributed by atoms with Crippen molar-refractivity contribution in [1.82, 2.24) is 0 Å². The second-order valence-electron chi connectivity index (χ2n) is 6.83. The Morgan fingerprint density at radius 1 is 1.34 bits per heavy atom. The third kappa shape index (κ3) is 4.86. The lowest BCUT2D eigenvalue weighted by Crippen LogP contribution is -2.44. The molecule has 29 heavy (non-hydrogen) atoms. The molecule has 1 amide bonds. The molecule has 1 atom stereocenters.